The van der Waals surface area contributed by atoms with E-state index in [9.17, 15) is 9.59 Å². The Morgan fingerprint density at radius 3 is 2.40 bits per heavy atom. The smallest absolute Gasteiger partial charge is 0.309 e. The number of amides is 1. The first-order valence-electron chi connectivity index (χ1n) is 7.47. The molecule has 0 unspecified atom stereocenters. The highest BCUT2D eigenvalue weighted by Gasteiger charge is 2.32. The third-order valence-corrected chi connectivity index (χ3v) is 4.41. The molecule has 0 radical (unpaired) electrons. The number of carbonyl (C=O) groups is 2. The monoisotopic (exact) mass is 278 g/mol. The first kappa shape index (κ1) is 14.8. The molecule has 1 heterocycles. The van der Waals surface area contributed by atoms with Crippen LogP contribution < -0.4 is 0 Å². The van der Waals surface area contributed by atoms with E-state index < -0.39 is 0 Å². The number of nitrogens with zero attached hydrogens (tertiary/aromatic N) is 2. The minimum Gasteiger partial charge on any atom is -0.461 e. The van der Waals surface area contributed by atoms with Gasteiger partial charge < -0.3 is 9.64 Å². The van der Waals surface area contributed by atoms with Crippen molar-refractivity contribution in [2.75, 3.05) is 13.1 Å². The van der Waals surface area contributed by atoms with Gasteiger partial charge in [0.25, 0.3) is 0 Å². The van der Waals surface area contributed by atoms with Crippen molar-refractivity contribution < 1.29 is 14.3 Å². The summed E-state index contributed by atoms with van der Waals surface area (Å²) in [6.45, 7) is 2.81. The van der Waals surface area contributed by atoms with Gasteiger partial charge in [-0.25, -0.2) is 0 Å². The van der Waals surface area contributed by atoms with Gasteiger partial charge in [0.1, 0.15) is 6.10 Å². The second-order valence-electron chi connectivity index (χ2n) is 5.78. The molecule has 0 N–H and O–H groups in total. The van der Waals surface area contributed by atoms with Crippen LogP contribution in [0.4, 0.5) is 0 Å². The van der Waals surface area contributed by atoms with Crippen LogP contribution in [-0.2, 0) is 14.3 Å². The maximum absolute atomic E-state index is 12.2. The number of ether oxygens (including phenoxy) is 1. The fourth-order valence-electron chi connectivity index (χ4n) is 3.06. The Labute approximate surface area is 119 Å². The maximum atomic E-state index is 12.2. The number of esters is 1. The van der Waals surface area contributed by atoms with E-state index >= 15 is 0 Å². The molecule has 2 rings (SSSR count). The summed E-state index contributed by atoms with van der Waals surface area (Å²) in [5, 5.41) is 9.10. The summed E-state index contributed by atoms with van der Waals surface area (Å²) in [6, 6.07) is 2.25. The standard InChI is InChI=1S/C15H22N2O3/c1-11(18)17-8-6-12(7-9-17)15(19)20-14-5-3-2-4-13(14)10-16/h12-14H,2-9H2,1H3/t13-,14-/m0/s1. The minimum atomic E-state index is -0.230. The van der Waals surface area contributed by atoms with E-state index in [1.165, 1.54) is 0 Å². The minimum absolute atomic E-state index is 0.0636. The average Bonchev–Trinajstić information content (AvgIpc) is 2.48. The highest BCUT2D eigenvalue weighted by atomic mass is 16.5. The molecule has 2 atom stereocenters. The summed E-state index contributed by atoms with van der Waals surface area (Å²) in [4.78, 5) is 25.2. The highest BCUT2D eigenvalue weighted by molar-refractivity contribution is 5.75. The number of carbonyl (C=O) groups excluding carboxylic acids is 2. The topological polar surface area (TPSA) is 70.4 Å². The van der Waals surface area contributed by atoms with E-state index in [-0.39, 0.29) is 29.8 Å². The largest absolute Gasteiger partial charge is 0.461 e. The molecule has 5 nitrogen and oxygen atoms in total. The van der Waals surface area contributed by atoms with E-state index in [0.29, 0.717) is 25.9 Å². The molecule has 1 amide bonds. The van der Waals surface area contributed by atoms with Gasteiger partial charge in [-0.15, -0.1) is 0 Å². The lowest BCUT2D eigenvalue weighted by Crippen LogP contribution is -2.40. The molecule has 110 valence electrons. The van der Waals surface area contributed by atoms with Crippen molar-refractivity contribution in [1.82, 2.24) is 4.90 Å². The van der Waals surface area contributed by atoms with Crippen LogP contribution in [0, 0.1) is 23.2 Å². The summed E-state index contributed by atoms with van der Waals surface area (Å²) >= 11 is 0. The van der Waals surface area contributed by atoms with Crippen molar-refractivity contribution in [1.29, 1.82) is 5.26 Å². The molecule has 0 bridgehead atoms. The zero-order chi connectivity index (χ0) is 14.5. The third kappa shape index (κ3) is 3.50. The third-order valence-electron chi connectivity index (χ3n) is 4.41. The summed E-state index contributed by atoms with van der Waals surface area (Å²) in [7, 11) is 0. The van der Waals surface area contributed by atoms with Crippen molar-refractivity contribution in [2.45, 2.75) is 51.6 Å². The normalized spacial score (nSPS) is 27.7. The van der Waals surface area contributed by atoms with Gasteiger partial charge in [-0.1, -0.05) is 6.42 Å². The highest BCUT2D eigenvalue weighted by Crippen LogP contribution is 2.28. The summed E-state index contributed by atoms with van der Waals surface area (Å²) in [5.41, 5.74) is 0. The number of likely N-dealkylation sites (tertiary alicyclic amines) is 1. The second kappa shape index (κ2) is 6.74. The van der Waals surface area contributed by atoms with E-state index in [4.69, 9.17) is 10.00 Å². The lowest BCUT2D eigenvalue weighted by atomic mass is 9.87. The Morgan fingerprint density at radius 2 is 1.80 bits per heavy atom. The number of piperidine rings is 1. The summed E-state index contributed by atoms with van der Waals surface area (Å²) in [6.07, 6.45) is 4.81. The lowest BCUT2D eigenvalue weighted by Gasteiger charge is -2.32. The molecule has 0 aromatic rings. The fraction of sp³-hybridized carbons (Fsp3) is 0.800. The Balaban J connectivity index is 1.83. The molecule has 1 saturated carbocycles. The van der Waals surface area contributed by atoms with Crippen LogP contribution in [0.25, 0.3) is 0 Å². The second-order valence-corrected chi connectivity index (χ2v) is 5.78. The number of hydrogen-bond donors (Lipinski definition) is 0. The van der Waals surface area contributed by atoms with Gasteiger partial charge >= 0.3 is 5.97 Å². The zero-order valence-electron chi connectivity index (χ0n) is 12.0. The van der Waals surface area contributed by atoms with E-state index in [1.54, 1.807) is 11.8 Å². The first-order valence-corrected chi connectivity index (χ1v) is 7.47. The number of hydrogen-bond acceptors (Lipinski definition) is 4. The first-order chi connectivity index (χ1) is 9.61. The molecule has 2 aliphatic rings. The van der Waals surface area contributed by atoms with Gasteiger partial charge in [-0.05, 0) is 32.1 Å². The van der Waals surface area contributed by atoms with Crippen molar-refractivity contribution in [3.05, 3.63) is 0 Å². The molecule has 0 spiro atoms. The Kier molecular flexibility index (Phi) is 4.99. The van der Waals surface area contributed by atoms with Crippen LogP contribution in [-0.4, -0.2) is 36.0 Å². The van der Waals surface area contributed by atoms with Crippen LogP contribution >= 0.6 is 0 Å². The van der Waals surface area contributed by atoms with Gasteiger partial charge in [0.15, 0.2) is 0 Å². The quantitative estimate of drug-likeness (QED) is 0.723. The molecule has 0 aromatic heterocycles. The van der Waals surface area contributed by atoms with Gasteiger partial charge in [0.2, 0.25) is 5.91 Å². The summed E-state index contributed by atoms with van der Waals surface area (Å²) in [5.74, 6) is -0.383. The lowest BCUT2D eigenvalue weighted by molar-refractivity contribution is -0.159. The molecule has 5 heteroatoms. The van der Waals surface area contributed by atoms with Gasteiger partial charge in [-0.3, -0.25) is 9.59 Å². The molecule has 2 fully saturated rings. The van der Waals surface area contributed by atoms with Crippen LogP contribution in [0.5, 0.6) is 0 Å². The van der Waals surface area contributed by atoms with E-state index in [0.717, 1.165) is 25.7 Å². The molecule has 20 heavy (non-hydrogen) atoms. The molecular weight excluding hydrogens is 256 g/mol. The van der Waals surface area contributed by atoms with Crippen molar-refractivity contribution in [3.8, 4) is 6.07 Å². The predicted molar refractivity (Wildman–Crippen MR) is 72.4 cm³/mol. The average molecular weight is 278 g/mol. The van der Waals surface area contributed by atoms with Crippen molar-refractivity contribution >= 4 is 11.9 Å². The zero-order valence-corrected chi connectivity index (χ0v) is 12.0. The predicted octanol–water partition coefficient (Wildman–Crippen LogP) is 1.87. The molecule has 1 aliphatic carbocycles. The number of rotatable bonds is 2. The molecule has 1 saturated heterocycles. The molecule has 0 aromatic carbocycles. The van der Waals surface area contributed by atoms with E-state index in [2.05, 4.69) is 6.07 Å². The molecular formula is C15H22N2O3. The van der Waals surface area contributed by atoms with Gasteiger partial charge in [0.05, 0.1) is 17.9 Å². The fourth-order valence-corrected chi connectivity index (χ4v) is 3.06. The Hall–Kier alpha value is -1.57. The van der Waals surface area contributed by atoms with Crippen LogP contribution in [0.2, 0.25) is 0 Å². The van der Waals surface area contributed by atoms with Gasteiger partial charge in [0, 0.05) is 20.0 Å². The SMILES string of the molecule is CC(=O)N1CCC(C(=O)O[C@H]2CCCC[C@H]2C#N)CC1. The van der Waals surface area contributed by atoms with E-state index in [1.807, 2.05) is 0 Å². The Morgan fingerprint density at radius 1 is 1.15 bits per heavy atom. The Bertz CT molecular complexity index is 408. The maximum Gasteiger partial charge on any atom is 0.309 e. The number of nitriles is 1. The summed E-state index contributed by atoms with van der Waals surface area (Å²) < 4.78 is 5.57. The van der Waals surface area contributed by atoms with Crippen molar-refractivity contribution in [3.63, 3.8) is 0 Å². The van der Waals surface area contributed by atoms with Crippen LogP contribution in [0.15, 0.2) is 0 Å². The van der Waals surface area contributed by atoms with Crippen molar-refractivity contribution in [2.24, 2.45) is 11.8 Å². The van der Waals surface area contributed by atoms with Crippen LogP contribution in [0.1, 0.15) is 45.4 Å². The van der Waals surface area contributed by atoms with Gasteiger partial charge in [-0.2, -0.15) is 5.26 Å². The molecule has 1 aliphatic heterocycles. The van der Waals surface area contributed by atoms with Crippen LogP contribution in [0.3, 0.4) is 0 Å².